The second kappa shape index (κ2) is 5.79. The van der Waals surface area contributed by atoms with Gasteiger partial charge in [0.05, 0.1) is 12.9 Å². The first-order chi connectivity index (χ1) is 7.87. The summed E-state index contributed by atoms with van der Waals surface area (Å²) in [6.07, 6.45) is 1.20. The Morgan fingerprint density at radius 2 is 2.24 bits per heavy atom. The number of carbonyl (C=O) groups is 1. The quantitative estimate of drug-likeness (QED) is 0.638. The molecular formula is C10H20N2O4S. The van der Waals surface area contributed by atoms with Crippen LogP contribution in [0.3, 0.4) is 0 Å². The van der Waals surface area contributed by atoms with E-state index in [2.05, 4.69) is 14.8 Å². The summed E-state index contributed by atoms with van der Waals surface area (Å²) in [5, 5.41) is 3.12. The van der Waals surface area contributed by atoms with Crippen molar-refractivity contribution in [2.45, 2.75) is 31.7 Å². The van der Waals surface area contributed by atoms with Crippen molar-refractivity contribution in [3.05, 3.63) is 0 Å². The summed E-state index contributed by atoms with van der Waals surface area (Å²) in [7, 11) is -2.03. The van der Waals surface area contributed by atoms with Crippen molar-refractivity contribution in [3.63, 3.8) is 0 Å². The minimum Gasteiger partial charge on any atom is -0.469 e. The lowest BCUT2D eigenvalue weighted by molar-refractivity contribution is -0.140. The van der Waals surface area contributed by atoms with Gasteiger partial charge in [-0.2, -0.15) is 0 Å². The smallest absolute Gasteiger partial charge is 0.305 e. The fraction of sp³-hybridized carbons (Fsp3) is 0.900. The normalized spacial score (nSPS) is 24.8. The van der Waals surface area contributed by atoms with Crippen molar-refractivity contribution in [1.82, 2.24) is 10.0 Å². The second-order valence-electron chi connectivity index (χ2n) is 4.59. The maximum absolute atomic E-state index is 11.8. The molecule has 2 N–H and O–H groups in total. The zero-order chi connectivity index (χ0) is 12.9. The van der Waals surface area contributed by atoms with Gasteiger partial charge in [-0.15, -0.1) is 0 Å². The molecule has 0 aromatic rings. The third kappa shape index (κ3) is 5.01. The predicted octanol–water partition coefficient (Wildman–Crippen LogP) is -0.389. The second-order valence-corrected chi connectivity index (χ2v) is 6.43. The Morgan fingerprint density at radius 1 is 1.53 bits per heavy atom. The number of hydrogen-bond donors (Lipinski definition) is 2. The third-order valence-corrected chi connectivity index (χ3v) is 4.42. The van der Waals surface area contributed by atoms with E-state index in [1.54, 1.807) is 0 Å². The van der Waals surface area contributed by atoms with E-state index in [0.717, 1.165) is 13.0 Å². The Hall–Kier alpha value is -0.660. The first-order valence-corrected chi connectivity index (χ1v) is 7.31. The van der Waals surface area contributed by atoms with Crippen LogP contribution in [0.1, 0.15) is 26.2 Å². The fourth-order valence-corrected chi connectivity index (χ4v) is 3.39. The number of hydrogen-bond acceptors (Lipinski definition) is 5. The van der Waals surface area contributed by atoms with E-state index in [1.807, 2.05) is 6.92 Å². The largest absolute Gasteiger partial charge is 0.469 e. The lowest BCUT2D eigenvalue weighted by Gasteiger charge is -2.23. The highest BCUT2D eigenvalue weighted by Crippen LogP contribution is 2.15. The van der Waals surface area contributed by atoms with Gasteiger partial charge in [0.1, 0.15) is 0 Å². The molecule has 0 aromatic carbocycles. The van der Waals surface area contributed by atoms with E-state index >= 15 is 0 Å². The summed E-state index contributed by atoms with van der Waals surface area (Å²) in [6, 6.07) is 0. The van der Waals surface area contributed by atoms with Gasteiger partial charge in [-0.3, -0.25) is 4.79 Å². The third-order valence-electron chi connectivity index (χ3n) is 2.79. The highest BCUT2D eigenvalue weighted by molar-refractivity contribution is 7.89. The van der Waals surface area contributed by atoms with Gasteiger partial charge in [-0.05, 0) is 26.3 Å². The summed E-state index contributed by atoms with van der Waals surface area (Å²) >= 11 is 0. The topological polar surface area (TPSA) is 84.5 Å². The maximum atomic E-state index is 11.8. The van der Waals surface area contributed by atoms with Gasteiger partial charge in [0, 0.05) is 18.5 Å². The molecule has 1 heterocycles. The van der Waals surface area contributed by atoms with E-state index in [1.165, 1.54) is 7.11 Å². The molecule has 1 aliphatic rings. The number of sulfonamides is 1. The summed E-state index contributed by atoms with van der Waals surface area (Å²) in [4.78, 5) is 10.9. The van der Waals surface area contributed by atoms with Crippen LogP contribution in [0.4, 0.5) is 0 Å². The summed E-state index contributed by atoms with van der Waals surface area (Å²) < 4.78 is 30.7. The molecule has 1 aliphatic heterocycles. The molecule has 0 radical (unpaired) electrons. The molecule has 0 aliphatic carbocycles. The lowest BCUT2D eigenvalue weighted by atomic mass is 10.0. The molecule has 1 saturated heterocycles. The van der Waals surface area contributed by atoms with Crippen molar-refractivity contribution < 1.29 is 17.9 Å². The van der Waals surface area contributed by atoms with E-state index in [0.29, 0.717) is 6.54 Å². The molecule has 1 atom stereocenters. The Labute approximate surface area is 102 Å². The maximum Gasteiger partial charge on any atom is 0.305 e. The molecule has 6 nitrogen and oxygen atoms in total. The Balaban J connectivity index is 2.38. The minimum absolute atomic E-state index is 0.0440. The predicted molar refractivity (Wildman–Crippen MR) is 64.1 cm³/mol. The molecule has 0 aromatic heterocycles. The molecule has 0 spiro atoms. The molecule has 1 unspecified atom stereocenters. The highest BCUT2D eigenvalue weighted by Gasteiger charge is 2.32. The van der Waals surface area contributed by atoms with Crippen LogP contribution >= 0.6 is 0 Å². The van der Waals surface area contributed by atoms with Gasteiger partial charge in [0.2, 0.25) is 10.0 Å². The number of ether oxygens (including phenoxy) is 1. The monoisotopic (exact) mass is 264 g/mol. The van der Waals surface area contributed by atoms with Gasteiger partial charge in [0.25, 0.3) is 0 Å². The number of nitrogens with one attached hydrogen (secondary N) is 2. The molecular weight excluding hydrogens is 244 g/mol. The molecule has 17 heavy (non-hydrogen) atoms. The summed E-state index contributed by atoms with van der Waals surface area (Å²) in [6.45, 7) is 3.34. The molecule has 7 heteroatoms. The zero-order valence-corrected chi connectivity index (χ0v) is 11.1. The molecule has 1 rings (SSSR count). The van der Waals surface area contributed by atoms with E-state index in [4.69, 9.17) is 0 Å². The summed E-state index contributed by atoms with van der Waals surface area (Å²) in [5.41, 5.74) is -0.399. The van der Waals surface area contributed by atoms with Crippen LogP contribution in [0, 0.1) is 0 Å². The van der Waals surface area contributed by atoms with Crippen molar-refractivity contribution in [2.75, 3.05) is 26.0 Å². The summed E-state index contributed by atoms with van der Waals surface area (Å²) in [5.74, 6) is -0.425. The van der Waals surface area contributed by atoms with Gasteiger partial charge >= 0.3 is 5.97 Å². The zero-order valence-electron chi connectivity index (χ0n) is 10.3. The number of methoxy groups -OCH3 is 1. The van der Waals surface area contributed by atoms with Crippen LogP contribution in [0.15, 0.2) is 0 Å². The number of rotatable bonds is 6. The van der Waals surface area contributed by atoms with E-state index < -0.39 is 15.6 Å². The van der Waals surface area contributed by atoms with Crippen LogP contribution in [0.25, 0.3) is 0 Å². The SMILES string of the molecule is COC(=O)CCCS(=O)(=O)NC1(C)CCNC1. The van der Waals surface area contributed by atoms with Gasteiger partial charge in [-0.25, -0.2) is 13.1 Å². The minimum atomic E-state index is -3.33. The molecule has 0 bridgehead atoms. The van der Waals surface area contributed by atoms with Crippen LogP contribution in [0.2, 0.25) is 0 Å². The molecule has 1 fully saturated rings. The fourth-order valence-electron chi connectivity index (χ4n) is 1.84. The van der Waals surface area contributed by atoms with E-state index in [9.17, 15) is 13.2 Å². The Morgan fingerprint density at radius 3 is 2.76 bits per heavy atom. The van der Waals surface area contributed by atoms with E-state index in [-0.39, 0.29) is 24.6 Å². The number of esters is 1. The van der Waals surface area contributed by atoms with Crippen molar-refractivity contribution in [2.24, 2.45) is 0 Å². The first kappa shape index (κ1) is 14.4. The van der Waals surface area contributed by atoms with Gasteiger partial charge in [-0.1, -0.05) is 0 Å². The molecule has 0 saturated carbocycles. The van der Waals surface area contributed by atoms with Crippen LogP contribution in [-0.2, 0) is 19.6 Å². The average molecular weight is 264 g/mol. The van der Waals surface area contributed by atoms with Gasteiger partial charge < -0.3 is 10.1 Å². The first-order valence-electron chi connectivity index (χ1n) is 5.66. The Kier molecular flexibility index (Phi) is 4.91. The van der Waals surface area contributed by atoms with Gasteiger partial charge in [0.15, 0.2) is 0 Å². The van der Waals surface area contributed by atoms with Crippen LogP contribution in [-0.4, -0.2) is 45.9 Å². The van der Waals surface area contributed by atoms with Crippen LogP contribution < -0.4 is 10.0 Å². The van der Waals surface area contributed by atoms with Crippen molar-refractivity contribution >= 4 is 16.0 Å². The number of carbonyl (C=O) groups excluding carboxylic acids is 1. The van der Waals surface area contributed by atoms with Crippen LogP contribution in [0.5, 0.6) is 0 Å². The Bertz CT molecular complexity index is 361. The highest BCUT2D eigenvalue weighted by atomic mass is 32.2. The standard InChI is InChI=1S/C10H20N2O4S/c1-10(5-6-11-8-10)12-17(14,15)7-3-4-9(13)16-2/h11-12H,3-8H2,1-2H3. The van der Waals surface area contributed by atoms with Crippen molar-refractivity contribution in [1.29, 1.82) is 0 Å². The molecule has 100 valence electrons. The molecule has 0 amide bonds. The lowest BCUT2D eigenvalue weighted by Crippen LogP contribution is -2.48. The van der Waals surface area contributed by atoms with Crippen molar-refractivity contribution in [3.8, 4) is 0 Å². The average Bonchev–Trinajstić information content (AvgIpc) is 2.63.